The van der Waals surface area contributed by atoms with Crippen LogP contribution in [0.1, 0.15) is 26.3 Å². The first kappa shape index (κ1) is 12.7. The van der Waals surface area contributed by atoms with E-state index in [1.54, 1.807) is 12.4 Å². The van der Waals surface area contributed by atoms with Crippen LogP contribution in [0.15, 0.2) is 29.0 Å². The second kappa shape index (κ2) is 4.96. The van der Waals surface area contributed by atoms with E-state index < -0.39 is 0 Å². The molecule has 2 atom stereocenters. The molecule has 4 nitrogen and oxygen atoms in total. The molecule has 19 heavy (non-hydrogen) atoms. The molecule has 1 aliphatic rings. The predicted molar refractivity (Wildman–Crippen MR) is 80.1 cm³/mol. The maximum absolute atomic E-state index is 4.80. The van der Waals surface area contributed by atoms with Gasteiger partial charge in [0.05, 0.1) is 10.5 Å². The fourth-order valence-electron chi connectivity index (χ4n) is 2.72. The van der Waals surface area contributed by atoms with Crippen LogP contribution < -0.4 is 5.32 Å². The van der Waals surface area contributed by atoms with E-state index in [9.17, 15) is 0 Å². The zero-order chi connectivity index (χ0) is 13.4. The predicted octanol–water partition coefficient (Wildman–Crippen LogP) is 3.72. The molecule has 1 aliphatic heterocycles. The molecule has 5 heteroatoms. The Morgan fingerprint density at radius 2 is 2.16 bits per heavy atom. The van der Waals surface area contributed by atoms with Crippen LogP contribution in [0.3, 0.4) is 0 Å². The van der Waals surface area contributed by atoms with Crippen LogP contribution in [0.2, 0.25) is 0 Å². The third-order valence-electron chi connectivity index (χ3n) is 3.79. The number of anilines is 1. The van der Waals surface area contributed by atoms with Crippen molar-refractivity contribution in [3.8, 4) is 11.3 Å². The summed E-state index contributed by atoms with van der Waals surface area (Å²) in [5, 5.41) is 8.28. The average molecular weight is 321 g/mol. The lowest BCUT2D eigenvalue weighted by atomic mass is 9.98. The molecular formula is C14H17BrN4. The standard InChI is InChI=1S/C14H17BrN4/c1-3-11-9(2)8-17-14-12(15)13(18-19(11)14)10-4-6-16-7-5-10/h4-7,9,11,17H,3,8H2,1-2H3. The summed E-state index contributed by atoms with van der Waals surface area (Å²) in [6, 6.07) is 4.44. The number of pyridine rings is 1. The van der Waals surface area contributed by atoms with Gasteiger partial charge in [-0.3, -0.25) is 4.98 Å². The Bertz CT molecular complexity index is 579. The van der Waals surface area contributed by atoms with Gasteiger partial charge in [0.1, 0.15) is 11.5 Å². The number of aromatic nitrogens is 3. The highest BCUT2D eigenvalue weighted by Gasteiger charge is 2.29. The van der Waals surface area contributed by atoms with Gasteiger partial charge >= 0.3 is 0 Å². The van der Waals surface area contributed by atoms with Gasteiger partial charge < -0.3 is 5.32 Å². The molecule has 100 valence electrons. The van der Waals surface area contributed by atoms with Crippen molar-refractivity contribution >= 4 is 21.7 Å². The molecule has 0 saturated carbocycles. The number of nitrogens with one attached hydrogen (secondary N) is 1. The molecule has 0 saturated heterocycles. The van der Waals surface area contributed by atoms with Gasteiger partial charge in [-0.1, -0.05) is 13.8 Å². The van der Waals surface area contributed by atoms with Crippen LogP contribution in [0.5, 0.6) is 0 Å². The van der Waals surface area contributed by atoms with Crippen molar-refractivity contribution in [2.24, 2.45) is 5.92 Å². The minimum absolute atomic E-state index is 0.461. The Morgan fingerprint density at radius 3 is 2.84 bits per heavy atom. The summed E-state index contributed by atoms with van der Waals surface area (Å²) in [4.78, 5) is 4.06. The summed E-state index contributed by atoms with van der Waals surface area (Å²) in [6.45, 7) is 5.49. The summed E-state index contributed by atoms with van der Waals surface area (Å²) in [6.07, 6.45) is 4.70. The third-order valence-corrected chi connectivity index (χ3v) is 4.54. The van der Waals surface area contributed by atoms with Crippen LogP contribution in [0, 0.1) is 5.92 Å². The number of hydrogen-bond donors (Lipinski definition) is 1. The van der Waals surface area contributed by atoms with E-state index in [1.807, 2.05) is 12.1 Å². The average Bonchev–Trinajstić information content (AvgIpc) is 2.77. The SMILES string of the molecule is CCC1C(C)CNc2c(Br)c(-c3ccncc3)nn21. The monoisotopic (exact) mass is 320 g/mol. The Kier molecular flexibility index (Phi) is 3.31. The van der Waals surface area contributed by atoms with E-state index in [0.29, 0.717) is 12.0 Å². The van der Waals surface area contributed by atoms with E-state index in [4.69, 9.17) is 5.10 Å². The Labute approximate surface area is 121 Å². The first-order valence-corrected chi connectivity index (χ1v) is 7.44. The fraction of sp³-hybridized carbons (Fsp3) is 0.429. The van der Waals surface area contributed by atoms with Gasteiger partial charge in [-0.15, -0.1) is 0 Å². The number of fused-ring (bicyclic) bond motifs is 1. The quantitative estimate of drug-likeness (QED) is 0.917. The number of rotatable bonds is 2. The normalized spacial score (nSPS) is 21.8. The van der Waals surface area contributed by atoms with Gasteiger partial charge in [0.2, 0.25) is 0 Å². The largest absolute Gasteiger partial charge is 0.369 e. The van der Waals surface area contributed by atoms with E-state index >= 15 is 0 Å². The second-order valence-corrected chi connectivity index (χ2v) is 5.82. The molecule has 1 N–H and O–H groups in total. The molecular weight excluding hydrogens is 304 g/mol. The third kappa shape index (κ3) is 2.06. The van der Waals surface area contributed by atoms with Crippen molar-refractivity contribution in [1.29, 1.82) is 0 Å². The fourth-order valence-corrected chi connectivity index (χ4v) is 3.35. The van der Waals surface area contributed by atoms with E-state index in [-0.39, 0.29) is 0 Å². The summed E-state index contributed by atoms with van der Waals surface area (Å²) in [5.74, 6) is 1.69. The van der Waals surface area contributed by atoms with E-state index in [2.05, 4.69) is 44.8 Å². The van der Waals surface area contributed by atoms with Crippen molar-refractivity contribution < 1.29 is 0 Å². The van der Waals surface area contributed by atoms with Crippen molar-refractivity contribution in [2.45, 2.75) is 26.3 Å². The first-order valence-electron chi connectivity index (χ1n) is 6.64. The molecule has 0 aliphatic carbocycles. The van der Waals surface area contributed by atoms with Gasteiger partial charge in [0.15, 0.2) is 0 Å². The van der Waals surface area contributed by atoms with Crippen LogP contribution in [-0.2, 0) is 0 Å². The molecule has 0 fully saturated rings. The molecule has 2 unspecified atom stereocenters. The minimum Gasteiger partial charge on any atom is -0.369 e. The van der Waals surface area contributed by atoms with Crippen molar-refractivity contribution in [3.63, 3.8) is 0 Å². The molecule has 0 bridgehead atoms. The molecule has 0 spiro atoms. The van der Waals surface area contributed by atoms with Gasteiger partial charge in [-0.2, -0.15) is 5.10 Å². The number of halogens is 1. The van der Waals surface area contributed by atoms with E-state index in [0.717, 1.165) is 34.5 Å². The highest BCUT2D eigenvalue weighted by atomic mass is 79.9. The summed E-state index contributed by atoms with van der Waals surface area (Å²) in [5.41, 5.74) is 2.07. The lowest BCUT2D eigenvalue weighted by Gasteiger charge is -2.30. The van der Waals surface area contributed by atoms with Crippen molar-refractivity contribution in [1.82, 2.24) is 14.8 Å². The van der Waals surface area contributed by atoms with Crippen molar-refractivity contribution in [2.75, 3.05) is 11.9 Å². The number of nitrogens with zero attached hydrogens (tertiary/aromatic N) is 3. The zero-order valence-electron chi connectivity index (χ0n) is 11.1. The molecule has 0 aromatic carbocycles. The topological polar surface area (TPSA) is 42.7 Å². The van der Waals surface area contributed by atoms with Gasteiger partial charge in [0.25, 0.3) is 0 Å². The lowest BCUT2D eigenvalue weighted by Crippen LogP contribution is -2.30. The Balaban J connectivity index is 2.11. The van der Waals surface area contributed by atoms with Gasteiger partial charge in [0, 0.05) is 24.5 Å². The summed E-state index contributed by atoms with van der Waals surface area (Å²) in [7, 11) is 0. The molecule has 2 aromatic heterocycles. The van der Waals surface area contributed by atoms with Crippen LogP contribution in [0.25, 0.3) is 11.3 Å². The highest BCUT2D eigenvalue weighted by Crippen LogP contribution is 2.40. The maximum Gasteiger partial charge on any atom is 0.139 e. The molecule has 0 radical (unpaired) electrons. The summed E-state index contributed by atoms with van der Waals surface area (Å²) < 4.78 is 3.18. The van der Waals surface area contributed by atoms with E-state index in [1.165, 1.54) is 0 Å². The van der Waals surface area contributed by atoms with Crippen LogP contribution in [-0.4, -0.2) is 21.3 Å². The molecule has 3 rings (SSSR count). The second-order valence-electron chi connectivity index (χ2n) is 5.03. The van der Waals surface area contributed by atoms with Crippen LogP contribution >= 0.6 is 15.9 Å². The lowest BCUT2D eigenvalue weighted by molar-refractivity contribution is 0.313. The minimum atomic E-state index is 0.461. The Hall–Kier alpha value is -1.36. The van der Waals surface area contributed by atoms with Crippen molar-refractivity contribution in [3.05, 3.63) is 29.0 Å². The summed E-state index contributed by atoms with van der Waals surface area (Å²) >= 11 is 3.68. The highest BCUT2D eigenvalue weighted by molar-refractivity contribution is 9.10. The first-order chi connectivity index (χ1) is 9.22. The zero-order valence-corrected chi connectivity index (χ0v) is 12.7. The smallest absolute Gasteiger partial charge is 0.139 e. The molecule has 3 heterocycles. The van der Waals surface area contributed by atoms with Gasteiger partial charge in [-0.25, -0.2) is 4.68 Å². The Morgan fingerprint density at radius 1 is 1.42 bits per heavy atom. The molecule has 2 aromatic rings. The van der Waals surface area contributed by atoms with Gasteiger partial charge in [-0.05, 0) is 40.4 Å². The number of hydrogen-bond acceptors (Lipinski definition) is 3. The molecule has 0 amide bonds. The van der Waals surface area contributed by atoms with Crippen LogP contribution in [0.4, 0.5) is 5.82 Å². The maximum atomic E-state index is 4.80.